The summed E-state index contributed by atoms with van der Waals surface area (Å²) in [4.78, 5) is 9.04. The number of nitrogens with zero attached hydrogens (tertiary/aromatic N) is 2. The van der Waals surface area contributed by atoms with Gasteiger partial charge in [-0.05, 0) is 32.1 Å². The van der Waals surface area contributed by atoms with Crippen molar-refractivity contribution in [3.8, 4) is 0 Å². The average Bonchev–Trinajstić information content (AvgIpc) is 3.09. The number of nitrogens with two attached hydrogens (primary N) is 1. The summed E-state index contributed by atoms with van der Waals surface area (Å²) in [6.45, 7) is 0. The van der Waals surface area contributed by atoms with E-state index in [-0.39, 0.29) is 0 Å². The Balaban J connectivity index is 1.54. The Kier molecular flexibility index (Phi) is 2.60. The van der Waals surface area contributed by atoms with Crippen LogP contribution in [0.3, 0.4) is 0 Å². The fourth-order valence-electron chi connectivity index (χ4n) is 3.12. The van der Waals surface area contributed by atoms with Crippen molar-refractivity contribution in [1.82, 2.24) is 9.97 Å². The minimum absolute atomic E-state index is 0.346. The van der Waals surface area contributed by atoms with Gasteiger partial charge < -0.3 is 15.5 Å². The first kappa shape index (κ1) is 11.4. The molecule has 3 heterocycles. The highest BCUT2D eigenvalue weighted by Gasteiger charge is 2.41. The molecule has 1 aromatic rings. The summed E-state index contributed by atoms with van der Waals surface area (Å²) in [5.41, 5.74) is 2.63. The third kappa shape index (κ3) is 2.15. The van der Waals surface area contributed by atoms with Crippen LogP contribution in [-0.2, 0) is 4.74 Å². The molecule has 0 spiro atoms. The average molecular weight is 261 g/mol. The van der Waals surface area contributed by atoms with Gasteiger partial charge in [-0.2, -0.15) is 0 Å². The molecule has 2 aliphatic heterocycles. The van der Waals surface area contributed by atoms with Crippen molar-refractivity contribution in [3.63, 3.8) is 0 Å². The number of rotatable bonds is 4. The lowest BCUT2D eigenvalue weighted by Gasteiger charge is -2.21. The van der Waals surface area contributed by atoms with Gasteiger partial charge in [0.15, 0.2) is 0 Å². The largest absolute Gasteiger partial charge is 0.373 e. The van der Waals surface area contributed by atoms with Gasteiger partial charge in [0, 0.05) is 12.0 Å². The summed E-state index contributed by atoms with van der Waals surface area (Å²) in [6, 6.07) is 2.25. The maximum absolute atomic E-state index is 5.86. The molecule has 0 amide bonds. The first-order chi connectivity index (χ1) is 9.31. The van der Waals surface area contributed by atoms with Crippen LogP contribution in [0.4, 0.5) is 11.6 Å². The summed E-state index contributed by atoms with van der Waals surface area (Å²) in [5.74, 6) is 8.46. The first-order valence-electron chi connectivity index (χ1n) is 7.09. The van der Waals surface area contributed by atoms with E-state index in [9.17, 15) is 0 Å². The van der Waals surface area contributed by atoms with E-state index >= 15 is 0 Å². The highest BCUT2D eigenvalue weighted by molar-refractivity contribution is 5.48. The first-order valence-corrected chi connectivity index (χ1v) is 7.09. The minimum atomic E-state index is 0.346. The molecule has 4 rings (SSSR count). The van der Waals surface area contributed by atoms with Crippen LogP contribution < -0.4 is 16.6 Å². The number of nitrogen functional groups attached to an aromatic ring is 1. The number of anilines is 2. The zero-order chi connectivity index (χ0) is 12.8. The SMILES string of the molecule is NNc1cc(NC2CC3CCC2O3)nc(C2CC2)n1. The van der Waals surface area contributed by atoms with E-state index in [1.165, 1.54) is 19.3 Å². The predicted molar refractivity (Wildman–Crippen MR) is 71.7 cm³/mol. The van der Waals surface area contributed by atoms with E-state index in [1.807, 2.05) is 6.07 Å². The molecule has 2 saturated heterocycles. The van der Waals surface area contributed by atoms with Crippen molar-refractivity contribution in [2.45, 2.75) is 56.3 Å². The van der Waals surface area contributed by atoms with Crippen LogP contribution in [-0.4, -0.2) is 28.2 Å². The molecule has 3 fully saturated rings. The minimum Gasteiger partial charge on any atom is -0.373 e. The Bertz CT molecular complexity index is 490. The van der Waals surface area contributed by atoms with Gasteiger partial charge in [0.25, 0.3) is 0 Å². The molecule has 3 atom stereocenters. The molecule has 6 heteroatoms. The second-order valence-electron chi connectivity index (χ2n) is 5.78. The summed E-state index contributed by atoms with van der Waals surface area (Å²) >= 11 is 0. The topological polar surface area (TPSA) is 85.1 Å². The van der Waals surface area contributed by atoms with E-state index in [2.05, 4.69) is 20.7 Å². The van der Waals surface area contributed by atoms with Crippen molar-refractivity contribution in [1.29, 1.82) is 0 Å². The third-order valence-electron chi connectivity index (χ3n) is 4.27. The molecule has 3 aliphatic rings. The predicted octanol–water partition coefficient (Wildman–Crippen LogP) is 1.37. The standard InChI is InChI=1S/C13H19N5O/c14-18-12-6-11(16-13(17-12)7-1-2-7)15-9-5-8-3-4-10(9)19-8/h6-10H,1-5,14H2,(H2,15,16,17,18). The fourth-order valence-corrected chi connectivity index (χ4v) is 3.12. The lowest BCUT2D eigenvalue weighted by atomic mass is 9.95. The van der Waals surface area contributed by atoms with Crippen LogP contribution in [0, 0.1) is 0 Å². The number of aromatic nitrogens is 2. The van der Waals surface area contributed by atoms with E-state index in [1.54, 1.807) is 0 Å². The van der Waals surface area contributed by atoms with Crippen LogP contribution in [0.2, 0.25) is 0 Å². The zero-order valence-corrected chi connectivity index (χ0v) is 10.8. The molecule has 3 unspecified atom stereocenters. The molecule has 102 valence electrons. The van der Waals surface area contributed by atoms with Crippen molar-refractivity contribution in [2.75, 3.05) is 10.7 Å². The van der Waals surface area contributed by atoms with Crippen LogP contribution >= 0.6 is 0 Å². The number of fused-ring (bicyclic) bond motifs is 2. The van der Waals surface area contributed by atoms with Crippen molar-refractivity contribution in [3.05, 3.63) is 11.9 Å². The monoisotopic (exact) mass is 261 g/mol. The lowest BCUT2D eigenvalue weighted by molar-refractivity contribution is 0.102. The normalized spacial score (nSPS) is 32.6. The Morgan fingerprint density at radius 2 is 2.00 bits per heavy atom. The molecule has 6 nitrogen and oxygen atoms in total. The van der Waals surface area contributed by atoms with E-state index in [4.69, 9.17) is 10.6 Å². The molecule has 0 aromatic carbocycles. The van der Waals surface area contributed by atoms with Crippen LogP contribution in [0.15, 0.2) is 6.07 Å². The van der Waals surface area contributed by atoms with Crippen LogP contribution in [0.1, 0.15) is 43.8 Å². The van der Waals surface area contributed by atoms with Gasteiger partial charge in [0.1, 0.15) is 17.5 Å². The molecular weight excluding hydrogens is 242 g/mol. The van der Waals surface area contributed by atoms with Crippen molar-refractivity contribution < 1.29 is 4.74 Å². The number of hydrogen-bond acceptors (Lipinski definition) is 6. The molecule has 4 N–H and O–H groups in total. The highest BCUT2D eigenvalue weighted by atomic mass is 16.5. The van der Waals surface area contributed by atoms with Crippen LogP contribution in [0.5, 0.6) is 0 Å². The third-order valence-corrected chi connectivity index (χ3v) is 4.27. The molecule has 1 aromatic heterocycles. The Morgan fingerprint density at radius 3 is 2.63 bits per heavy atom. The highest BCUT2D eigenvalue weighted by Crippen LogP contribution is 2.39. The van der Waals surface area contributed by atoms with Gasteiger partial charge in [-0.25, -0.2) is 15.8 Å². The fraction of sp³-hybridized carbons (Fsp3) is 0.692. The van der Waals surface area contributed by atoms with E-state index in [0.717, 1.165) is 24.5 Å². The number of hydrogen-bond donors (Lipinski definition) is 3. The molecule has 2 bridgehead atoms. The summed E-state index contributed by atoms with van der Waals surface area (Å²) in [6.07, 6.45) is 6.60. The molecule has 1 saturated carbocycles. The van der Waals surface area contributed by atoms with Crippen LogP contribution in [0.25, 0.3) is 0 Å². The number of hydrazine groups is 1. The molecule has 1 aliphatic carbocycles. The van der Waals surface area contributed by atoms with Crippen molar-refractivity contribution >= 4 is 11.6 Å². The second-order valence-corrected chi connectivity index (χ2v) is 5.78. The second kappa shape index (κ2) is 4.31. The molecule has 19 heavy (non-hydrogen) atoms. The van der Waals surface area contributed by atoms with E-state index < -0.39 is 0 Å². The van der Waals surface area contributed by atoms with Gasteiger partial charge in [-0.15, -0.1) is 0 Å². The van der Waals surface area contributed by atoms with Crippen molar-refractivity contribution in [2.24, 2.45) is 5.84 Å². The number of nitrogens with one attached hydrogen (secondary N) is 2. The Hall–Kier alpha value is -1.40. The lowest BCUT2D eigenvalue weighted by Crippen LogP contribution is -2.31. The maximum atomic E-state index is 5.86. The van der Waals surface area contributed by atoms with Gasteiger partial charge in [-0.1, -0.05) is 0 Å². The molecule has 0 radical (unpaired) electrons. The number of ether oxygens (including phenoxy) is 1. The van der Waals surface area contributed by atoms with Gasteiger partial charge in [0.05, 0.1) is 18.2 Å². The quantitative estimate of drug-likeness (QED) is 0.561. The summed E-state index contributed by atoms with van der Waals surface area (Å²) < 4.78 is 5.86. The summed E-state index contributed by atoms with van der Waals surface area (Å²) in [5, 5.41) is 3.50. The maximum Gasteiger partial charge on any atom is 0.145 e. The zero-order valence-electron chi connectivity index (χ0n) is 10.8. The summed E-state index contributed by atoms with van der Waals surface area (Å²) in [7, 11) is 0. The smallest absolute Gasteiger partial charge is 0.145 e. The molecular formula is C13H19N5O. The van der Waals surface area contributed by atoms with E-state index in [0.29, 0.717) is 30.0 Å². The van der Waals surface area contributed by atoms with Gasteiger partial charge in [0.2, 0.25) is 0 Å². The van der Waals surface area contributed by atoms with Gasteiger partial charge in [-0.3, -0.25) is 0 Å². The Labute approximate surface area is 112 Å². The Morgan fingerprint density at radius 1 is 1.16 bits per heavy atom. The van der Waals surface area contributed by atoms with Gasteiger partial charge >= 0.3 is 0 Å².